The van der Waals surface area contributed by atoms with Gasteiger partial charge in [-0.1, -0.05) is 59.8 Å². The Hall–Kier alpha value is -0.860. The first-order valence-corrected chi connectivity index (χ1v) is 12.2. The van der Waals surface area contributed by atoms with Crippen molar-refractivity contribution >= 4 is 0 Å². The lowest BCUT2D eigenvalue weighted by molar-refractivity contribution is 0.136. The highest BCUT2D eigenvalue weighted by atomic mass is 16.4. The van der Waals surface area contributed by atoms with Crippen molar-refractivity contribution in [1.82, 2.24) is 10.2 Å². The van der Waals surface area contributed by atoms with E-state index in [0.29, 0.717) is 11.3 Å². The van der Waals surface area contributed by atoms with E-state index in [2.05, 4.69) is 37.9 Å². The van der Waals surface area contributed by atoms with Crippen molar-refractivity contribution in [3.63, 3.8) is 0 Å². The lowest BCUT2D eigenvalue weighted by Gasteiger charge is -2.39. The Labute approximate surface area is 172 Å². The fourth-order valence-corrected chi connectivity index (χ4v) is 6.42. The molecule has 3 saturated carbocycles. The molecule has 0 atom stereocenters. The van der Waals surface area contributed by atoms with Crippen LogP contribution in [0.15, 0.2) is 4.42 Å². The Balaban J connectivity index is 1.34. The van der Waals surface area contributed by atoms with Crippen molar-refractivity contribution in [3.8, 4) is 0 Å². The molecule has 0 N–H and O–H groups in total. The van der Waals surface area contributed by atoms with E-state index in [0.717, 1.165) is 29.5 Å². The first kappa shape index (κ1) is 20.4. The summed E-state index contributed by atoms with van der Waals surface area (Å²) >= 11 is 0. The Kier molecular flexibility index (Phi) is 5.91. The van der Waals surface area contributed by atoms with Gasteiger partial charge in [0.05, 0.1) is 0 Å². The fourth-order valence-electron chi connectivity index (χ4n) is 6.42. The molecule has 158 valence electrons. The van der Waals surface area contributed by atoms with Gasteiger partial charge in [-0.3, -0.25) is 0 Å². The van der Waals surface area contributed by atoms with Crippen LogP contribution < -0.4 is 0 Å². The van der Waals surface area contributed by atoms with Crippen LogP contribution in [0.25, 0.3) is 0 Å². The van der Waals surface area contributed by atoms with Gasteiger partial charge >= 0.3 is 0 Å². The van der Waals surface area contributed by atoms with Crippen molar-refractivity contribution in [3.05, 3.63) is 11.8 Å². The van der Waals surface area contributed by atoms with Crippen molar-refractivity contribution in [2.45, 2.75) is 122 Å². The van der Waals surface area contributed by atoms with E-state index in [-0.39, 0.29) is 5.41 Å². The summed E-state index contributed by atoms with van der Waals surface area (Å²) in [6.07, 6.45) is 17.5. The van der Waals surface area contributed by atoms with Gasteiger partial charge in [0.15, 0.2) is 0 Å². The summed E-state index contributed by atoms with van der Waals surface area (Å²) in [7, 11) is 0. The number of hydrogen-bond donors (Lipinski definition) is 0. The van der Waals surface area contributed by atoms with Crippen LogP contribution in [0.2, 0.25) is 0 Å². The van der Waals surface area contributed by atoms with E-state index < -0.39 is 0 Å². The predicted octanol–water partition coefficient (Wildman–Crippen LogP) is 7.42. The van der Waals surface area contributed by atoms with Gasteiger partial charge < -0.3 is 4.42 Å². The minimum Gasteiger partial charge on any atom is -0.424 e. The third-order valence-electron chi connectivity index (χ3n) is 8.71. The van der Waals surface area contributed by atoms with Crippen LogP contribution in [0.3, 0.4) is 0 Å². The van der Waals surface area contributed by atoms with Gasteiger partial charge in [0.25, 0.3) is 0 Å². The number of rotatable bonds is 3. The molecule has 28 heavy (non-hydrogen) atoms. The maximum atomic E-state index is 6.34. The summed E-state index contributed by atoms with van der Waals surface area (Å²) in [4.78, 5) is 0. The average Bonchev–Trinajstić information content (AvgIpc) is 3.20. The van der Waals surface area contributed by atoms with Gasteiger partial charge in [-0.05, 0) is 74.5 Å². The van der Waals surface area contributed by atoms with E-state index >= 15 is 0 Å². The fraction of sp³-hybridized carbons (Fsp3) is 0.920. The molecule has 0 radical (unpaired) electrons. The van der Waals surface area contributed by atoms with Crippen LogP contribution in [0.5, 0.6) is 0 Å². The lowest BCUT2D eigenvalue weighted by atomic mass is 9.66. The molecule has 3 heteroatoms. The van der Waals surface area contributed by atoms with Crippen molar-refractivity contribution in [2.24, 2.45) is 23.2 Å². The summed E-state index contributed by atoms with van der Waals surface area (Å²) in [5.74, 6) is 5.12. The van der Waals surface area contributed by atoms with Crippen LogP contribution in [-0.2, 0) is 5.41 Å². The van der Waals surface area contributed by atoms with Crippen LogP contribution in [0.1, 0.15) is 129 Å². The molecular formula is C25H42N2O. The normalized spacial score (nSPS) is 35.8. The van der Waals surface area contributed by atoms with E-state index in [1.54, 1.807) is 0 Å². The Bertz CT molecular complexity index is 621. The van der Waals surface area contributed by atoms with Crippen molar-refractivity contribution < 1.29 is 4.42 Å². The Morgan fingerprint density at radius 2 is 1.39 bits per heavy atom. The molecule has 3 fully saturated rings. The largest absolute Gasteiger partial charge is 0.424 e. The van der Waals surface area contributed by atoms with Crippen molar-refractivity contribution in [1.29, 1.82) is 0 Å². The van der Waals surface area contributed by atoms with E-state index in [9.17, 15) is 0 Å². The third kappa shape index (κ3) is 4.33. The minimum absolute atomic E-state index is 0.110. The van der Waals surface area contributed by atoms with Gasteiger partial charge in [0, 0.05) is 11.3 Å². The van der Waals surface area contributed by atoms with E-state index in [1.807, 2.05) is 0 Å². The maximum Gasteiger partial charge on any atom is 0.222 e. The smallest absolute Gasteiger partial charge is 0.222 e. The monoisotopic (exact) mass is 386 g/mol. The predicted molar refractivity (Wildman–Crippen MR) is 114 cm³/mol. The van der Waals surface area contributed by atoms with Gasteiger partial charge in [0.2, 0.25) is 11.8 Å². The molecule has 0 bridgehead atoms. The molecule has 0 aromatic carbocycles. The molecule has 0 spiro atoms. The molecule has 3 aliphatic carbocycles. The second-order valence-electron chi connectivity index (χ2n) is 11.7. The highest BCUT2D eigenvalue weighted by Gasteiger charge is 2.40. The van der Waals surface area contributed by atoms with Crippen LogP contribution >= 0.6 is 0 Å². The topological polar surface area (TPSA) is 38.9 Å². The highest BCUT2D eigenvalue weighted by molar-refractivity contribution is 5.06. The SMILES string of the molecule is CC1(c2nnc(C3CCC(C(C)(C)C)CC3)o2)CCC(C2CCCCC2)CC1. The highest BCUT2D eigenvalue weighted by Crippen LogP contribution is 2.47. The Morgan fingerprint density at radius 1 is 0.786 bits per heavy atom. The lowest BCUT2D eigenvalue weighted by Crippen LogP contribution is -2.32. The van der Waals surface area contributed by atoms with E-state index in [1.165, 1.54) is 83.5 Å². The molecule has 0 aliphatic heterocycles. The average molecular weight is 387 g/mol. The van der Waals surface area contributed by atoms with Gasteiger partial charge in [-0.2, -0.15) is 0 Å². The minimum atomic E-state index is 0.110. The molecule has 3 nitrogen and oxygen atoms in total. The molecule has 0 saturated heterocycles. The molecule has 0 unspecified atom stereocenters. The zero-order valence-electron chi connectivity index (χ0n) is 18.8. The third-order valence-corrected chi connectivity index (χ3v) is 8.71. The van der Waals surface area contributed by atoms with Gasteiger partial charge in [0.1, 0.15) is 0 Å². The van der Waals surface area contributed by atoms with E-state index in [4.69, 9.17) is 4.42 Å². The molecule has 1 aromatic rings. The molecule has 4 rings (SSSR count). The number of hydrogen-bond acceptors (Lipinski definition) is 3. The molecular weight excluding hydrogens is 344 g/mol. The van der Waals surface area contributed by atoms with Crippen molar-refractivity contribution in [2.75, 3.05) is 0 Å². The van der Waals surface area contributed by atoms with Crippen LogP contribution in [-0.4, -0.2) is 10.2 Å². The second kappa shape index (κ2) is 8.11. The number of aromatic nitrogens is 2. The first-order chi connectivity index (χ1) is 13.4. The molecule has 1 aromatic heterocycles. The molecule has 1 heterocycles. The zero-order valence-corrected chi connectivity index (χ0v) is 18.8. The second-order valence-corrected chi connectivity index (χ2v) is 11.7. The standard InChI is InChI=1S/C25H42N2O/c1-24(2,3)21-12-10-20(11-13-21)22-26-27-23(28-22)25(4)16-14-19(15-17-25)18-8-6-5-7-9-18/h18-21H,5-17H2,1-4H3. The Morgan fingerprint density at radius 3 is 2.00 bits per heavy atom. The quantitative estimate of drug-likeness (QED) is 0.542. The zero-order chi connectivity index (χ0) is 19.8. The summed E-state index contributed by atoms with van der Waals surface area (Å²) in [5.41, 5.74) is 0.536. The van der Waals surface area contributed by atoms with Gasteiger partial charge in [-0.25, -0.2) is 0 Å². The van der Waals surface area contributed by atoms with Crippen LogP contribution in [0, 0.1) is 23.2 Å². The summed E-state index contributed by atoms with van der Waals surface area (Å²) in [6, 6.07) is 0. The maximum absolute atomic E-state index is 6.34. The summed E-state index contributed by atoms with van der Waals surface area (Å²) in [6.45, 7) is 9.52. The number of nitrogens with zero attached hydrogens (tertiary/aromatic N) is 2. The van der Waals surface area contributed by atoms with Crippen LogP contribution in [0.4, 0.5) is 0 Å². The molecule has 0 amide bonds. The summed E-state index contributed by atoms with van der Waals surface area (Å²) in [5, 5.41) is 9.12. The van der Waals surface area contributed by atoms with Gasteiger partial charge in [-0.15, -0.1) is 10.2 Å². The summed E-state index contributed by atoms with van der Waals surface area (Å²) < 4.78 is 6.34. The molecule has 3 aliphatic rings. The first-order valence-electron chi connectivity index (χ1n) is 12.2.